The average Bonchev–Trinajstić information content (AvgIpc) is 3.59. The lowest BCUT2D eigenvalue weighted by Crippen LogP contribution is -2.44. The summed E-state index contributed by atoms with van der Waals surface area (Å²) in [5.41, 5.74) is 4.20. The van der Waals surface area contributed by atoms with Crippen LogP contribution >= 0.6 is 0 Å². The first-order valence-corrected chi connectivity index (χ1v) is 12.7. The van der Waals surface area contributed by atoms with Crippen LogP contribution in [0.1, 0.15) is 39.4 Å². The Morgan fingerprint density at radius 1 is 1.26 bits per heavy atom. The fourth-order valence-corrected chi connectivity index (χ4v) is 4.99. The average molecular weight is 524 g/mol. The Bertz CT molecular complexity index is 1330. The maximum absolute atomic E-state index is 13.2. The number of aryl methyl sites for hydroxylation is 2. The van der Waals surface area contributed by atoms with E-state index in [-0.39, 0.29) is 24.5 Å². The van der Waals surface area contributed by atoms with Crippen LogP contribution in [0, 0.1) is 13.8 Å². The molecule has 0 radical (unpaired) electrons. The Kier molecular flexibility index (Phi) is 7.32. The summed E-state index contributed by atoms with van der Waals surface area (Å²) in [7, 11) is 3.46. The minimum atomic E-state index is -0.394. The Morgan fingerprint density at radius 3 is 2.87 bits per heavy atom. The maximum atomic E-state index is 13.2. The highest BCUT2D eigenvalue weighted by molar-refractivity contribution is 5.95. The van der Waals surface area contributed by atoms with E-state index in [1.807, 2.05) is 25.6 Å². The van der Waals surface area contributed by atoms with Crippen molar-refractivity contribution < 1.29 is 23.8 Å². The molecule has 2 atom stereocenters. The topological polar surface area (TPSA) is 126 Å². The predicted molar refractivity (Wildman–Crippen MR) is 136 cm³/mol. The number of methoxy groups -OCH3 is 1. The van der Waals surface area contributed by atoms with Gasteiger partial charge in [0, 0.05) is 37.8 Å². The molecule has 4 heterocycles. The van der Waals surface area contributed by atoms with Crippen molar-refractivity contribution in [2.24, 2.45) is 7.05 Å². The van der Waals surface area contributed by atoms with Gasteiger partial charge in [-0.25, -0.2) is 4.68 Å². The zero-order chi connectivity index (χ0) is 26.8. The fraction of sp³-hybridized carbons (Fsp3) is 0.500. The monoisotopic (exact) mass is 523 g/mol. The summed E-state index contributed by atoms with van der Waals surface area (Å²) >= 11 is 0. The van der Waals surface area contributed by atoms with Crippen LogP contribution in [0.5, 0.6) is 11.5 Å². The molecule has 2 amide bonds. The van der Waals surface area contributed by atoms with Crippen LogP contribution in [0.3, 0.4) is 0 Å². The number of aromatic nitrogens is 5. The van der Waals surface area contributed by atoms with Crippen molar-refractivity contribution in [3.63, 3.8) is 0 Å². The minimum absolute atomic E-state index is 0.0125. The highest BCUT2D eigenvalue weighted by Gasteiger charge is 2.37. The lowest BCUT2D eigenvalue weighted by atomic mass is 10.1. The number of hydrogen-bond acceptors (Lipinski definition) is 8. The van der Waals surface area contributed by atoms with Crippen molar-refractivity contribution in [2.75, 3.05) is 26.8 Å². The Balaban J connectivity index is 1.34. The largest absolute Gasteiger partial charge is 0.493 e. The van der Waals surface area contributed by atoms with Gasteiger partial charge in [-0.05, 0) is 44.0 Å². The van der Waals surface area contributed by atoms with Gasteiger partial charge in [-0.2, -0.15) is 5.10 Å². The SMILES string of the molecule is COc1ccc2cc1OCCn1cc(nn1)CO[C@H]1CN(C(=O)CCc3c(C)nn(C)c3C)C[C@@H]1NC2=O. The molecular formula is C26H33N7O5. The van der Waals surface area contributed by atoms with E-state index in [9.17, 15) is 9.59 Å². The normalized spacial score (nSPS) is 19.7. The molecular weight excluding hydrogens is 490 g/mol. The van der Waals surface area contributed by atoms with Crippen LogP contribution in [0.25, 0.3) is 0 Å². The zero-order valence-corrected chi connectivity index (χ0v) is 22.1. The van der Waals surface area contributed by atoms with Gasteiger partial charge in [0.15, 0.2) is 11.5 Å². The molecule has 2 aliphatic rings. The van der Waals surface area contributed by atoms with Gasteiger partial charge in [0.2, 0.25) is 5.91 Å². The van der Waals surface area contributed by atoms with Crippen LogP contribution in [0.2, 0.25) is 0 Å². The van der Waals surface area contributed by atoms with E-state index in [0.29, 0.717) is 61.8 Å². The molecule has 2 aromatic heterocycles. The van der Waals surface area contributed by atoms with Crippen molar-refractivity contribution in [3.05, 3.63) is 52.6 Å². The van der Waals surface area contributed by atoms with Crippen molar-refractivity contribution >= 4 is 11.8 Å². The summed E-state index contributed by atoms with van der Waals surface area (Å²) in [6.07, 6.45) is 2.38. The number of nitrogens with zero attached hydrogens (tertiary/aromatic N) is 6. The van der Waals surface area contributed by atoms with E-state index in [0.717, 1.165) is 17.0 Å². The zero-order valence-electron chi connectivity index (χ0n) is 22.1. The summed E-state index contributed by atoms with van der Waals surface area (Å²) < 4.78 is 21.0. The molecule has 1 saturated heterocycles. The third-order valence-electron chi connectivity index (χ3n) is 7.22. The van der Waals surface area contributed by atoms with Crippen molar-refractivity contribution in [3.8, 4) is 11.5 Å². The van der Waals surface area contributed by atoms with Gasteiger partial charge < -0.3 is 24.4 Å². The van der Waals surface area contributed by atoms with Gasteiger partial charge in [0.05, 0.1) is 44.3 Å². The van der Waals surface area contributed by atoms with Gasteiger partial charge in [-0.15, -0.1) is 5.10 Å². The van der Waals surface area contributed by atoms with Gasteiger partial charge in [0.25, 0.3) is 5.91 Å². The van der Waals surface area contributed by atoms with Crippen LogP contribution in [0.15, 0.2) is 24.4 Å². The second kappa shape index (κ2) is 10.8. The number of nitrogens with one attached hydrogen (secondary N) is 1. The second-order valence-corrected chi connectivity index (χ2v) is 9.69. The van der Waals surface area contributed by atoms with Crippen molar-refractivity contribution in [1.82, 2.24) is 35.0 Å². The predicted octanol–water partition coefficient (Wildman–Crippen LogP) is 1.19. The molecule has 12 nitrogen and oxygen atoms in total. The minimum Gasteiger partial charge on any atom is -0.493 e. The molecule has 3 aromatic rings. The van der Waals surface area contributed by atoms with Gasteiger partial charge >= 0.3 is 0 Å². The third-order valence-corrected chi connectivity index (χ3v) is 7.22. The number of fused-ring (bicyclic) bond motifs is 5. The van der Waals surface area contributed by atoms with Crippen molar-refractivity contribution in [1.29, 1.82) is 0 Å². The maximum Gasteiger partial charge on any atom is 0.251 e. The lowest BCUT2D eigenvalue weighted by Gasteiger charge is -2.20. The smallest absolute Gasteiger partial charge is 0.251 e. The Morgan fingerprint density at radius 2 is 2.11 bits per heavy atom. The molecule has 0 saturated carbocycles. The van der Waals surface area contributed by atoms with Crippen LogP contribution in [-0.4, -0.2) is 80.4 Å². The summed E-state index contributed by atoms with van der Waals surface area (Å²) in [4.78, 5) is 28.2. The first-order valence-electron chi connectivity index (χ1n) is 12.7. The van der Waals surface area contributed by atoms with E-state index in [2.05, 4.69) is 20.7 Å². The molecule has 0 aliphatic carbocycles. The highest BCUT2D eigenvalue weighted by atomic mass is 16.5. The standard InChI is InChI=1S/C26H33N7O5/c1-16-20(17(2)31(3)29-16)6-8-25(34)32-13-21-24(14-32)38-15-19-12-33(30-28-19)9-10-37-23-11-18(26(35)27-21)5-7-22(23)36-4/h5,7,11-12,21,24H,6,8-10,13-15H2,1-4H3,(H,27,35)/t21-,24-/m0/s1. The molecule has 1 N–H and O–H groups in total. The van der Waals surface area contributed by atoms with Gasteiger partial charge in [0.1, 0.15) is 12.3 Å². The summed E-state index contributed by atoms with van der Waals surface area (Å²) in [6, 6.07) is 4.67. The molecule has 0 spiro atoms. The number of ether oxygens (including phenoxy) is 3. The number of carbonyl (C=O) groups is 2. The summed E-state index contributed by atoms with van der Waals surface area (Å²) in [5, 5.41) is 15.8. The molecule has 12 heteroatoms. The van der Waals surface area contributed by atoms with Crippen LogP contribution in [-0.2, 0) is 36.2 Å². The first-order chi connectivity index (χ1) is 18.3. The molecule has 1 fully saturated rings. The van der Waals surface area contributed by atoms with E-state index < -0.39 is 6.10 Å². The third kappa shape index (κ3) is 5.35. The molecule has 5 rings (SSSR count). The van der Waals surface area contributed by atoms with Gasteiger partial charge in [-0.3, -0.25) is 14.3 Å². The van der Waals surface area contributed by atoms with Crippen LogP contribution in [0.4, 0.5) is 0 Å². The van der Waals surface area contributed by atoms with Gasteiger partial charge in [-0.1, -0.05) is 5.21 Å². The van der Waals surface area contributed by atoms with E-state index in [1.165, 1.54) is 0 Å². The summed E-state index contributed by atoms with van der Waals surface area (Å²) in [6.45, 7) is 5.71. The number of likely N-dealkylation sites (tertiary alicyclic amines) is 1. The summed E-state index contributed by atoms with van der Waals surface area (Å²) in [5.74, 6) is 0.736. The number of amides is 2. The quantitative estimate of drug-likeness (QED) is 0.541. The number of carbonyl (C=O) groups excluding carboxylic acids is 2. The van der Waals surface area contributed by atoms with Crippen molar-refractivity contribution in [2.45, 2.75) is 52.0 Å². The highest BCUT2D eigenvalue weighted by Crippen LogP contribution is 2.28. The van der Waals surface area contributed by atoms with E-state index in [1.54, 1.807) is 41.1 Å². The molecule has 2 aliphatic heterocycles. The Hall–Kier alpha value is -3.93. The first kappa shape index (κ1) is 25.7. The molecule has 4 bridgehead atoms. The molecule has 38 heavy (non-hydrogen) atoms. The van der Waals surface area contributed by atoms with E-state index in [4.69, 9.17) is 14.2 Å². The number of rotatable bonds is 4. The number of hydrogen-bond donors (Lipinski definition) is 1. The second-order valence-electron chi connectivity index (χ2n) is 9.69. The molecule has 1 aromatic carbocycles. The lowest BCUT2D eigenvalue weighted by molar-refractivity contribution is -0.130. The van der Waals surface area contributed by atoms with Crippen LogP contribution < -0.4 is 14.8 Å². The fourth-order valence-electron chi connectivity index (χ4n) is 4.99. The van der Waals surface area contributed by atoms with E-state index >= 15 is 0 Å². The molecule has 0 unspecified atom stereocenters. The Labute approximate surface area is 220 Å². The molecule has 202 valence electrons. The number of benzene rings is 1.